The maximum atomic E-state index is 5.75. The molecule has 0 aliphatic carbocycles. The Balaban J connectivity index is 2.49. The van der Waals surface area contributed by atoms with Crippen molar-refractivity contribution in [2.45, 2.75) is 6.92 Å². The van der Waals surface area contributed by atoms with E-state index in [0.29, 0.717) is 5.15 Å². The molecule has 2 aromatic heterocycles. The molecule has 14 heavy (non-hydrogen) atoms. The van der Waals surface area contributed by atoms with Gasteiger partial charge in [-0.05, 0) is 19.1 Å². The molecule has 0 unspecified atom stereocenters. The maximum absolute atomic E-state index is 5.75. The fourth-order valence-corrected chi connectivity index (χ4v) is 1.33. The van der Waals surface area contributed by atoms with Crippen molar-refractivity contribution in [3.8, 4) is 11.3 Å². The van der Waals surface area contributed by atoms with Crippen molar-refractivity contribution in [1.29, 1.82) is 0 Å². The van der Waals surface area contributed by atoms with E-state index in [4.69, 9.17) is 11.6 Å². The van der Waals surface area contributed by atoms with E-state index in [-0.39, 0.29) is 0 Å². The second-order valence-electron chi connectivity index (χ2n) is 2.91. The molecule has 0 fully saturated rings. The lowest BCUT2D eigenvalue weighted by Crippen LogP contribution is -1.88. The van der Waals surface area contributed by atoms with Gasteiger partial charge in [-0.25, -0.2) is 4.98 Å². The highest BCUT2D eigenvalue weighted by Crippen LogP contribution is 2.17. The first-order valence-corrected chi connectivity index (χ1v) is 4.54. The highest BCUT2D eigenvalue weighted by Gasteiger charge is 2.00. The number of nitrogens with zero attached hydrogens (tertiary/aromatic N) is 3. The summed E-state index contributed by atoms with van der Waals surface area (Å²) in [6, 6.07) is 3.83. The summed E-state index contributed by atoms with van der Waals surface area (Å²) < 4.78 is 0. The van der Waals surface area contributed by atoms with Crippen molar-refractivity contribution in [3.63, 3.8) is 0 Å². The van der Waals surface area contributed by atoms with Gasteiger partial charge < -0.3 is 0 Å². The van der Waals surface area contributed by atoms with Gasteiger partial charge in [-0.2, -0.15) is 0 Å². The molecule has 0 saturated heterocycles. The lowest BCUT2D eigenvalue weighted by molar-refractivity contribution is 1.17. The van der Waals surface area contributed by atoms with Crippen LogP contribution in [-0.4, -0.2) is 15.0 Å². The molecule has 0 aliphatic rings. The average molecular weight is 206 g/mol. The molecule has 3 nitrogen and oxygen atoms in total. The predicted octanol–water partition coefficient (Wildman–Crippen LogP) is 2.50. The first-order valence-electron chi connectivity index (χ1n) is 4.16. The first kappa shape index (κ1) is 9.09. The zero-order chi connectivity index (χ0) is 9.97. The zero-order valence-electron chi connectivity index (χ0n) is 7.61. The summed E-state index contributed by atoms with van der Waals surface area (Å²) in [6.45, 7) is 1.93. The minimum Gasteiger partial charge on any atom is -0.262 e. The molecular weight excluding hydrogens is 198 g/mol. The molecule has 0 spiro atoms. The monoisotopic (exact) mass is 205 g/mol. The van der Waals surface area contributed by atoms with Gasteiger partial charge in [0.15, 0.2) is 0 Å². The van der Waals surface area contributed by atoms with Gasteiger partial charge in [0.25, 0.3) is 0 Å². The zero-order valence-corrected chi connectivity index (χ0v) is 8.36. The lowest BCUT2D eigenvalue weighted by atomic mass is 10.2. The number of pyridine rings is 1. The SMILES string of the molecule is Cc1cc(-c2cncc(Cl)n2)ccn1. The van der Waals surface area contributed by atoms with Gasteiger partial charge in [0.1, 0.15) is 5.15 Å². The maximum Gasteiger partial charge on any atom is 0.148 e. The van der Waals surface area contributed by atoms with Crippen LogP contribution in [0.25, 0.3) is 11.3 Å². The van der Waals surface area contributed by atoms with E-state index in [2.05, 4.69) is 15.0 Å². The molecule has 2 aromatic rings. The normalized spacial score (nSPS) is 10.1. The summed E-state index contributed by atoms with van der Waals surface area (Å²) in [5, 5.41) is 0.400. The molecule has 2 heterocycles. The largest absolute Gasteiger partial charge is 0.262 e. The Kier molecular flexibility index (Phi) is 2.41. The van der Waals surface area contributed by atoms with E-state index in [9.17, 15) is 0 Å². The van der Waals surface area contributed by atoms with Gasteiger partial charge in [0.05, 0.1) is 18.1 Å². The van der Waals surface area contributed by atoms with Crippen LogP contribution < -0.4 is 0 Å². The van der Waals surface area contributed by atoms with Crippen LogP contribution in [-0.2, 0) is 0 Å². The molecule has 0 N–H and O–H groups in total. The summed E-state index contributed by atoms with van der Waals surface area (Å²) in [5.41, 5.74) is 2.69. The van der Waals surface area contributed by atoms with Gasteiger partial charge in [-0.1, -0.05) is 11.6 Å². The van der Waals surface area contributed by atoms with Crippen molar-refractivity contribution in [2.75, 3.05) is 0 Å². The standard InChI is InChI=1S/C10H8ClN3/c1-7-4-8(2-3-13-7)9-5-12-6-10(11)14-9/h2-6H,1H3. The van der Waals surface area contributed by atoms with Crippen LogP contribution in [0.15, 0.2) is 30.7 Å². The van der Waals surface area contributed by atoms with E-state index in [1.807, 2.05) is 19.1 Å². The topological polar surface area (TPSA) is 38.7 Å². The van der Waals surface area contributed by atoms with Gasteiger partial charge in [0, 0.05) is 17.5 Å². The van der Waals surface area contributed by atoms with Crippen LogP contribution in [0.5, 0.6) is 0 Å². The molecule has 0 saturated carbocycles. The van der Waals surface area contributed by atoms with E-state index < -0.39 is 0 Å². The fourth-order valence-electron chi connectivity index (χ4n) is 1.19. The molecule has 70 valence electrons. The third kappa shape index (κ3) is 1.88. The van der Waals surface area contributed by atoms with E-state index in [1.165, 1.54) is 6.20 Å². The Bertz CT molecular complexity index is 413. The number of aryl methyl sites for hydroxylation is 1. The van der Waals surface area contributed by atoms with E-state index in [1.54, 1.807) is 12.4 Å². The molecule has 0 amide bonds. The van der Waals surface area contributed by atoms with Crippen molar-refractivity contribution in [2.24, 2.45) is 0 Å². The molecule has 0 atom stereocenters. The van der Waals surface area contributed by atoms with Crippen molar-refractivity contribution < 1.29 is 0 Å². The Labute approximate surface area is 86.8 Å². The summed E-state index contributed by atoms with van der Waals surface area (Å²) >= 11 is 5.75. The van der Waals surface area contributed by atoms with E-state index in [0.717, 1.165) is 17.0 Å². The predicted molar refractivity (Wildman–Crippen MR) is 55.0 cm³/mol. The Morgan fingerprint density at radius 3 is 2.86 bits per heavy atom. The van der Waals surface area contributed by atoms with Crippen LogP contribution in [0.4, 0.5) is 0 Å². The smallest absolute Gasteiger partial charge is 0.148 e. The Morgan fingerprint density at radius 1 is 1.29 bits per heavy atom. The minimum absolute atomic E-state index is 0.400. The van der Waals surface area contributed by atoms with E-state index >= 15 is 0 Å². The van der Waals surface area contributed by atoms with Gasteiger partial charge in [0.2, 0.25) is 0 Å². The average Bonchev–Trinajstić information content (AvgIpc) is 2.18. The van der Waals surface area contributed by atoms with Crippen LogP contribution in [0, 0.1) is 6.92 Å². The third-order valence-electron chi connectivity index (χ3n) is 1.80. The minimum atomic E-state index is 0.400. The first-order chi connectivity index (χ1) is 6.75. The lowest BCUT2D eigenvalue weighted by Gasteiger charge is -2.00. The second kappa shape index (κ2) is 3.72. The van der Waals surface area contributed by atoms with Crippen LogP contribution in [0.3, 0.4) is 0 Å². The molecule has 0 aromatic carbocycles. The quantitative estimate of drug-likeness (QED) is 0.718. The number of aromatic nitrogens is 3. The van der Waals surface area contributed by atoms with Crippen molar-refractivity contribution in [3.05, 3.63) is 41.6 Å². The molecular formula is C10H8ClN3. The van der Waals surface area contributed by atoms with Crippen molar-refractivity contribution >= 4 is 11.6 Å². The molecule has 0 radical (unpaired) electrons. The van der Waals surface area contributed by atoms with Crippen LogP contribution in [0.2, 0.25) is 5.15 Å². The Morgan fingerprint density at radius 2 is 2.14 bits per heavy atom. The number of rotatable bonds is 1. The number of hydrogen-bond acceptors (Lipinski definition) is 3. The summed E-state index contributed by atoms with van der Waals surface area (Å²) in [7, 11) is 0. The second-order valence-corrected chi connectivity index (χ2v) is 3.30. The van der Waals surface area contributed by atoms with Crippen LogP contribution >= 0.6 is 11.6 Å². The summed E-state index contributed by atoms with van der Waals surface area (Å²) in [4.78, 5) is 12.2. The van der Waals surface area contributed by atoms with Crippen LogP contribution in [0.1, 0.15) is 5.69 Å². The number of halogens is 1. The molecule has 0 aliphatic heterocycles. The highest BCUT2D eigenvalue weighted by molar-refractivity contribution is 6.29. The highest BCUT2D eigenvalue weighted by atomic mass is 35.5. The van der Waals surface area contributed by atoms with Crippen molar-refractivity contribution in [1.82, 2.24) is 15.0 Å². The summed E-state index contributed by atoms with van der Waals surface area (Å²) in [5.74, 6) is 0. The fraction of sp³-hybridized carbons (Fsp3) is 0.100. The molecule has 4 heteroatoms. The van der Waals surface area contributed by atoms with Gasteiger partial charge in [-0.15, -0.1) is 0 Å². The molecule has 2 rings (SSSR count). The van der Waals surface area contributed by atoms with Gasteiger partial charge >= 0.3 is 0 Å². The third-order valence-corrected chi connectivity index (χ3v) is 1.98. The number of hydrogen-bond donors (Lipinski definition) is 0. The molecule has 0 bridgehead atoms. The Hall–Kier alpha value is -1.48. The summed E-state index contributed by atoms with van der Waals surface area (Å²) in [6.07, 6.45) is 4.94. The van der Waals surface area contributed by atoms with Gasteiger partial charge in [-0.3, -0.25) is 9.97 Å².